The summed E-state index contributed by atoms with van der Waals surface area (Å²) in [5.74, 6) is -0.542. The van der Waals surface area contributed by atoms with Gasteiger partial charge in [0.2, 0.25) is 0 Å². The number of ether oxygens (including phenoxy) is 2. The van der Waals surface area contributed by atoms with Gasteiger partial charge in [-0.15, -0.1) is 0 Å². The number of non-ortho nitro benzene ring substituents is 1. The Bertz CT molecular complexity index is 1420. The third-order valence-corrected chi connectivity index (χ3v) is 5.33. The molecule has 0 radical (unpaired) electrons. The zero-order valence-corrected chi connectivity index (χ0v) is 20.4. The molecule has 3 rings (SSSR count). The number of nitro benzene ring substituents is 1. The molecule has 188 valence electrons. The number of benzene rings is 3. The second-order valence-corrected chi connectivity index (χ2v) is 7.98. The molecule has 37 heavy (non-hydrogen) atoms. The average molecular weight is 501 g/mol. The lowest BCUT2D eigenvalue weighted by molar-refractivity contribution is -0.384. The highest BCUT2D eigenvalue weighted by Crippen LogP contribution is 2.29. The minimum atomic E-state index is -0.558. The van der Waals surface area contributed by atoms with Crippen LogP contribution in [0.25, 0.3) is 6.08 Å². The maximum Gasteiger partial charge on any atom is 0.271 e. The maximum atomic E-state index is 12.6. The first-order valence-electron chi connectivity index (χ1n) is 11.1. The Labute approximate surface area is 213 Å². The van der Waals surface area contributed by atoms with Crippen molar-refractivity contribution in [2.24, 2.45) is 0 Å². The van der Waals surface area contributed by atoms with E-state index in [1.165, 1.54) is 37.5 Å². The summed E-state index contributed by atoms with van der Waals surface area (Å²) in [5, 5.41) is 25.6. The Morgan fingerprint density at radius 2 is 1.76 bits per heavy atom. The summed E-state index contributed by atoms with van der Waals surface area (Å²) < 4.78 is 10.9. The largest absolute Gasteiger partial charge is 0.493 e. The van der Waals surface area contributed by atoms with Gasteiger partial charge in [-0.1, -0.05) is 18.2 Å². The van der Waals surface area contributed by atoms with Gasteiger partial charge in [0, 0.05) is 23.5 Å². The SMILES string of the molecule is COc1cc(/C=C(/C#N)C(=O)Nc2ccc(C)c(C)c2)ccc1OCC(=O)Nc1cccc([N+](=O)[O-])c1. The number of carbonyl (C=O) groups excluding carboxylic acids is 2. The van der Waals surface area contributed by atoms with Crippen molar-refractivity contribution in [3.8, 4) is 17.6 Å². The van der Waals surface area contributed by atoms with Crippen LogP contribution >= 0.6 is 0 Å². The van der Waals surface area contributed by atoms with E-state index in [4.69, 9.17) is 9.47 Å². The topological polar surface area (TPSA) is 144 Å². The number of hydrogen-bond donors (Lipinski definition) is 2. The van der Waals surface area contributed by atoms with Gasteiger partial charge in [-0.2, -0.15) is 5.26 Å². The fourth-order valence-corrected chi connectivity index (χ4v) is 3.26. The monoisotopic (exact) mass is 500 g/mol. The fraction of sp³-hybridized carbons (Fsp3) is 0.148. The number of nitro groups is 1. The summed E-state index contributed by atoms with van der Waals surface area (Å²) in [4.78, 5) is 35.2. The third-order valence-electron chi connectivity index (χ3n) is 5.33. The lowest BCUT2D eigenvalue weighted by Gasteiger charge is -2.12. The fourth-order valence-electron chi connectivity index (χ4n) is 3.26. The number of nitrogens with zero attached hydrogens (tertiary/aromatic N) is 2. The van der Waals surface area contributed by atoms with Crippen LogP contribution in [0.1, 0.15) is 16.7 Å². The quantitative estimate of drug-likeness (QED) is 0.186. The predicted octanol–water partition coefficient (Wildman–Crippen LogP) is 4.78. The Hall–Kier alpha value is -5.17. The first-order chi connectivity index (χ1) is 17.7. The molecule has 0 aliphatic carbocycles. The number of hydrogen-bond acceptors (Lipinski definition) is 7. The van der Waals surface area contributed by atoms with Crippen molar-refractivity contribution in [3.05, 3.63) is 93.0 Å². The summed E-state index contributed by atoms with van der Waals surface area (Å²) in [5.41, 5.74) is 3.20. The number of rotatable bonds is 9. The van der Waals surface area contributed by atoms with Crippen LogP contribution < -0.4 is 20.1 Å². The van der Waals surface area contributed by atoms with Crippen molar-refractivity contribution in [1.82, 2.24) is 0 Å². The lowest BCUT2D eigenvalue weighted by atomic mass is 10.1. The van der Waals surface area contributed by atoms with Gasteiger partial charge in [0.15, 0.2) is 18.1 Å². The molecule has 3 aromatic rings. The van der Waals surface area contributed by atoms with E-state index in [1.54, 1.807) is 24.3 Å². The van der Waals surface area contributed by atoms with Crippen molar-refractivity contribution < 1.29 is 24.0 Å². The normalized spacial score (nSPS) is 10.7. The molecule has 0 aromatic heterocycles. The molecule has 0 saturated heterocycles. The third kappa shape index (κ3) is 7.16. The number of anilines is 2. The maximum absolute atomic E-state index is 12.6. The van der Waals surface area contributed by atoms with Crippen LogP contribution in [-0.4, -0.2) is 30.5 Å². The van der Waals surface area contributed by atoms with Gasteiger partial charge < -0.3 is 20.1 Å². The second-order valence-electron chi connectivity index (χ2n) is 7.98. The number of methoxy groups -OCH3 is 1. The zero-order valence-electron chi connectivity index (χ0n) is 20.4. The molecule has 0 atom stereocenters. The molecular formula is C27H24N4O6. The molecule has 0 spiro atoms. The Morgan fingerprint density at radius 3 is 2.43 bits per heavy atom. The molecular weight excluding hydrogens is 476 g/mol. The van der Waals surface area contributed by atoms with Crippen molar-refractivity contribution >= 4 is 35.0 Å². The van der Waals surface area contributed by atoms with Gasteiger partial charge in [0.1, 0.15) is 11.6 Å². The molecule has 0 saturated carbocycles. The lowest BCUT2D eigenvalue weighted by Crippen LogP contribution is -2.20. The van der Waals surface area contributed by atoms with Gasteiger partial charge >= 0.3 is 0 Å². The molecule has 0 aliphatic rings. The number of nitrogens with one attached hydrogen (secondary N) is 2. The average Bonchev–Trinajstić information content (AvgIpc) is 2.88. The van der Waals surface area contributed by atoms with E-state index in [1.807, 2.05) is 32.0 Å². The van der Waals surface area contributed by atoms with E-state index >= 15 is 0 Å². The van der Waals surface area contributed by atoms with Crippen LogP contribution in [0.4, 0.5) is 17.1 Å². The second kappa shape index (κ2) is 12.0. The molecule has 10 heteroatoms. The first-order valence-corrected chi connectivity index (χ1v) is 11.1. The van der Waals surface area contributed by atoms with E-state index in [2.05, 4.69) is 10.6 Å². The standard InChI is InChI=1S/C27H24N4O6/c1-17-7-9-22(11-18(17)2)30-27(33)20(15-28)12-19-8-10-24(25(13-19)36-3)37-16-26(32)29-21-5-4-6-23(14-21)31(34)35/h4-14H,16H2,1-3H3,(H,29,32)(H,30,33)/b20-12-. The first kappa shape index (κ1) is 26.4. The van der Waals surface area contributed by atoms with E-state index in [0.29, 0.717) is 11.3 Å². The zero-order chi connectivity index (χ0) is 26.9. The number of nitriles is 1. The highest BCUT2D eigenvalue weighted by Gasteiger charge is 2.13. The minimum Gasteiger partial charge on any atom is -0.493 e. The van der Waals surface area contributed by atoms with Crippen LogP contribution in [0.15, 0.2) is 66.2 Å². The summed E-state index contributed by atoms with van der Waals surface area (Å²) in [6.07, 6.45) is 1.41. The molecule has 3 aromatic carbocycles. The highest BCUT2D eigenvalue weighted by atomic mass is 16.6. The molecule has 2 amide bonds. The number of carbonyl (C=O) groups is 2. The molecule has 2 N–H and O–H groups in total. The molecule has 0 unspecified atom stereocenters. The molecule has 10 nitrogen and oxygen atoms in total. The van der Waals surface area contributed by atoms with Gasteiger partial charge in [-0.05, 0) is 66.9 Å². The van der Waals surface area contributed by atoms with Crippen molar-refractivity contribution in [2.45, 2.75) is 13.8 Å². The Morgan fingerprint density at radius 1 is 1.00 bits per heavy atom. The van der Waals surface area contributed by atoms with Crippen LogP contribution in [-0.2, 0) is 9.59 Å². The number of aryl methyl sites for hydroxylation is 2. The minimum absolute atomic E-state index is 0.106. The Kier molecular flexibility index (Phi) is 8.57. The van der Waals surface area contributed by atoms with Crippen LogP contribution in [0.5, 0.6) is 11.5 Å². The van der Waals surface area contributed by atoms with Crippen molar-refractivity contribution in [1.29, 1.82) is 5.26 Å². The van der Waals surface area contributed by atoms with Gasteiger partial charge in [0.25, 0.3) is 17.5 Å². The smallest absolute Gasteiger partial charge is 0.271 e. The van der Waals surface area contributed by atoms with E-state index in [-0.39, 0.29) is 35.1 Å². The summed E-state index contributed by atoms with van der Waals surface area (Å²) in [7, 11) is 1.41. The molecule has 0 heterocycles. The van der Waals surface area contributed by atoms with Crippen LogP contribution in [0.2, 0.25) is 0 Å². The highest BCUT2D eigenvalue weighted by molar-refractivity contribution is 6.09. The van der Waals surface area contributed by atoms with Gasteiger partial charge in [0.05, 0.1) is 12.0 Å². The van der Waals surface area contributed by atoms with E-state index < -0.39 is 16.7 Å². The van der Waals surface area contributed by atoms with Crippen LogP contribution in [0, 0.1) is 35.3 Å². The van der Waals surface area contributed by atoms with Crippen molar-refractivity contribution in [2.75, 3.05) is 24.4 Å². The summed E-state index contributed by atoms with van der Waals surface area (Å²) >= 11 is 0. The molecule has 0 fully saturated rings. The van der Waals surface area contributed by atoms with E-state index in [0.717, 1.165) is 11.1 Å². The van der Waals surface area contributed by atoms with Crippen molar-refractivity contribution in [3.63, 3.8) is 0 Å². The predicted molar refractivity (Wildman–Crippen MR) is 138 cm³/mol. The molecule has 0 aliphatic heterocycles. The van der Waals surface area contributed by atoms with E-state index in [9.17, 15) is 25.0 Å². The van der Waals surface area contributed by atoms with Crippen LogP contribution in [0.3, 0.4) is 0 Å². The van der Waals surface area contributed by atoms with Gasteiger partial charge in [-0.25, -0.2) is 0 Å². The number of amides is 2. The Balaban J connectivity index is 1.68. The van der Waals surface area contributed by atoms with Gasteiger partial charge in [-0.3, -0.25) is 19.7 Å². The summed E-state index contributed by atoms with van der Waals surface area (Å²) in [6, 6.07) is 17.6. The molecule has 0 bridgehead atoms. The summed E-state index contributed by atoms with van der Waals surface area (Å²) in [6.45, 7) is 3.52.